The fourth-order valence-electron chi connectivity index (χ4n) is 6.16. The number of rotatable bonds is 12. The predicted octanol–water partition coefficient (Wildman–Crippen LogP) is 7.64. The second kappa shape index (κ2) is 12.3. The van der Waals surface area contributed by atoms with Crippen molar-refractivity contribution in [3.63, 3.8) is 0 Å². The van der Waals surface area contributed by atoms with E-state index in [2.05, 4.69) is 32.9 Å². The minimum absolute atomic E-state index is 0.0682. The Morgan fingerprint density at radius 3 is 2.13 bits per heavy atom. The minimum atomic E-state index is -2.84. The summed E-state index contributed by atoms with van der Waals surface area (Å²) in [5, 5.41) is 0.574. The molecule has 4 rings (SSSR count). The van der Waals surface area contributed by atoms with Crippen LogP contribution in [0.4, 0.5) is 8.78 Å². The third kappa shape index (κ3) is 6.12. The molecule has 3 aromatic rings. The molecule has 0 spiro atoms. The molecule has 0 bridgehead atoms. The average molecular weight is 634 g/mol. The number of nitrogens with zero attached hydrogens (tertiary/aromatic N) is 1. The van der Waals surface area contributed by atoms with E-state index in [-0.39, 0.29) is 22.4 Å². The van der Waals surface area contributed by atoms with Gasteiger partial charge in [0.15, 0.2) is 0 Å². The first-order valence-electron chi connectivity index (χ1n) is 14.4. The SMILES string of the molecule is CCC[CH2][Sn]([CH2]CCC)([CH2]CCC)[c]1ccc2c(=O)c3cc(F)cc(F)c3n(CC3COC(C)(C)O3)c2c1. The van der Waals surface area contributed by atoms with E-state index in [0.29, 0.717) is 18.5 Å². The molecule has 0 amide bonds. The van der Waals surface area contributed by atoms with Crippen molar-refractivity contribution in [1.29, 1.82) is 0 Å². The molecule has 4 nitrogen and oxygen atoms in total. The fourth-order valence-corrected chi connectivity index (χ4v) is 22.1. The summed E-state index contributed by atoms with van der Waals surface area (Å²) in [5.41, 5.74) is 0.548. The van der Waals surface area contributed by atoms with Gasteiger partial charge in [-0.2, -0.15) is 0 Å². The van der Waals surface area contributed by atoms with Crippen molar-refractivity contribution in [2.24, 2.45) is 0 Å². The monoisotopic (exact) mass is 635 g/mol. The third-order valence-electron chi connectivity index (χ3n) is 8.17. The van der Waals surface area contributed by atoms with E-state index in [1.54, 1.807) is 0 Å². The zero-order valence-electron chi connectivity index (χ0n) is 23.7. The molecule has 1 aliphatic rings. The average Bonchev–Trinajstić information content (AvgIpc) is 3.23. The quantitative estimate of drug-likeness (QED) is 0.152. The maximum absolute atomic E-state index is 15.4. The van der Waals surface area contributed by atoms with Gasteiger partial charge in [0.2, 0.25) is 0 Å². The zero-order chi connectivity index (χ0) is 27.5. The number of ether oxygens (including phenoxy) is 2. The molecular formula is C31H43F2NO3Sn. The molecule has 1 saturated heterocycles. The van der Waals surface area contributed by atoms with Crippen molar-refractivity contribution in [1.82, 2.24) is 4.57 Å². The van der Waals surface area contributed by atoms with E-state index in [0.717, 1.165) is 17.6 Å². The number of halogens is 2. The number of pyridine rings is 1. The van der Waals surface area contributed by atoms with Gasteiger partial charge in [-0.15, -0.1) is 0 Å². The molecule has 1 atom stereocenters. The van der Waals surface area contributed by atoms with Crippen molar-refractivity contribution >= 4 is 43.8 Å². The summed E-state index contributed by atoms with van der Waals surface area (Å²) in [6, 6.07) is 8.35. The Labute approximate surface area is 229 Å². The van der Waals surface area contributed by atoms with Crippen molar-refractivity contribution < 1.29 is 18.3 Å². The van der Waals surface area contributed by atoms with Gasteiger partial charge in [0.1, 0.15) is 0 Å². The molecular weight excluding hydrogens is 591 g/mol. The van der Waals surface area contributed by atoms with Crippen LogP contribution in [0.5, 0.6) is 0 Å². The second-order valence-electron chi connectivity index (χ2n) is 11.5. The first-order chi connectivity index (χ1) is 18.1. The van der Waals surface area contributed by atoms with Crippen LogP contribution < -0.4 is 9.01 Å². The molecule has 0 radical (unpaired) electrons. The van der Waals surface area contributed by atoms with Crippen molar-refractivity contribution in [3.8, 4) is 0 Å². The maximum atomic E-state index is 15.4. The van der Waals surface area contributed by atoms with Crippen LogP contribution in [0.3, 0.4) is 0 Å². The van der Waals surface area contributed by atoms with Gasteiger partial charge in [0.05, 0.1) is 0 Å². The van der Waals surface area contributed by atoms with E-state index in [1.807, 2.05) is 24.5 Å². The summed E-state index contributed by atoms with van der Waals surface area (Å²) in [6.45, 7) is 11.2. The molecule has 1 fully saturated rings. The summed E-state index contributed by atoms with van der Waals surface area (Å²) < 4.78 is 48.7. The Bertz CT molecular complexity index is 1310. The Hall–Kier alpha value is -1.51. The van der Waals surface area contributed by atoms with E-state index in [9.17, 15) is 9.18 Å². The van der Waals surface area contributed by atoms with Gasteiger partial charge >= 0.3 is 230 Å². The van der Waals surface area contributed by atoms with Gasteiger partial charge in [-0.3, -0.25) is 0 Å². The molecule has 0 saturated carbocycles. The van der Waals surface area contributed by atoms with E-state index in [4.69, 9.17) is 9.47 Å². The Morgan fingerprint density at radius 1 is 0.947 bits per heavy atom. The standard InChI is InChI=1S/C19H16F2NO3.3C4H9.Sn/c1-19(2)24-10-12(25-19)9-22-16-6-4-3-5-13(16)18(23)14-7-11(20)8-15(21)17(14)22;3*1-3-4-2;/h3,5-8,12H,9-10H2,1-2H3;3*1,3-4H2,2H3;. The first kappa shape index (κ1) is 29.5. The molecule has 2 aromatic carbocycles. The number of fused-ring (bicyclic) bond motifs is 2. The van der Waals surface area contributed by atoms with Crippen LogP contribution in [-0.2, 0) is 16.0 Å². The Kier molecular flexibility index (Phi) is 9.57. The number of hydrogen-bond donors (Lipinski definition) is 0. The molecule has 7 heteroatoms. The second-order valence-corrected chi connectivity index (χ2v) is 24.7. The van der Waals surface area contributed by atoms with Crippen LogP contribution in [0, 0.1) is 11.6 Å². The Morgan fingerprint density at radius 2 is 1.58 bits per heavy atom. The number of hydrogen-bond acceptors (Lipinski definition) is 3. The molecule has 1 aliphatic heterocycles. The Balaban J connectivity index is 1.97. The van der Waals surface area contributed by atoms with Gasteiger partial charge in [-0.25, -0.2) is 0 Å². The number of unbranched alkanes of at least 4 members (excludes halogenated alkanes) is 3. The van der Waals surface area contributed by atoms with Crippen LogP contribution in [0.15, 0.2) is 35.1 Å². The normalized spacial score (nSPS) is 17.6. The van der Waals surface area contributed by atoms with Crippen LogP contribution in [0.25, 0.3) is 21.8 Å². The van der Waals surface area contributed by atoms with Crippen LogP contribution in [0.1, 0.15) is 73.1 Å². The van der Waals surface area contributed by atoms with Crippen molar-refractivity contribution in [2.45, 2.75) is 105 Å². The van der Waals surface area contributed by atoms with Gasteiger partial charge in [-0.05, 0) is 0 Å². The van der Waals surface area contributed by atoms with Crippen molar-refractivity contribution in [2.75, 3.05) is 6.61 Å². The summed E-state index contributed by atoms with van der Waals surface area (Å²) in [6.07, 6.45) is 6.88. The number of aromatic nitrogens is 1. The summed E-state index contributed by atoms with van der Waals surface area (Å²) in [5.74, 6) is -2.19. The molecule has 1 aromatic heterocycles. The van der Waals surface area contributed by atoms with Crippen LogP contribution >= 0.6 is 0 Å². The molecule has 1 unspecified atom stereocenters. The summed E-state index contributed by atoms with van der Waals surface area (Å²) >= 11 is -2.84. The van der Waals surface area contributed by atoms with E-state index >= 15 is 4.39 Å². The van der Waals surface area contributed by atoms with Crippen molar-refractivity contribution in [3.05, 3.63) is 52.2 Å². The summed E-state index contributed by atoms with van der Waals surface area (Å²) in [4.78, 5) is 13.6. The zero-order valence-corrected chi connectivity index (χ0v) is 26.5. The molecule has 38 heavy (non-hydrogen) atoms. The van der Waals surface area contributed by atoms with Crippen LogP contribution in [-0.4, -0.2) is 41.4 Å². The van der Waals surface area contributed by atoms with Gasteiger partial charge in [0.25, 0.3) is 0 Å². The van der Waals surface area contributed by atoms with Gasteiger partial charge < -0.3 is 0 Å². The van der Waals surface area contributed by atoms with Crippen LogP contribution in [0.2, 0.25) is 13.3 Å². The first-order valence-corrected chi connectivity index (χ1v) is 21.9. The van der Waals surface area contributed by atoms with E-state index in [1.165, 1.54) is 55.4 Å². The predicted molar refractivity (Wildman–Crippen MR) is 155 cm³/mol. The van der Waals surface area contributed by atoms with E-state index < -0.39 is 35.8 Å². The molecule has 208 valence electrons. The fraction of sp³-hybridized carbons (Fsp3) is 0.581. The van der Waals surface area contributed by atoms with Gasteiger partial charge in [-0.1, -0.05) is 0 Å². The molecule has 2 heterocycles. The molecule has 0 aliphatic carbocycles. The topological polar surface area (TPSA) is 40.5 Å². The third-order valence-corrected chi connectivity index (χ3v) is 23.8. The number of benzene rings is 2. The summed E-state index contributed by atoms with van der Waals surface area (Å²) in [7, 11) is 0. The molecule has 0 N–H and O–H groups in total. The van der Waals surface area contributed by atoms with Gasteiger partial charge in [0, 0.05) is 0 Å².